The highest BCUT2D eigenvalue weighted by Crippen LogP contribution is 2.26. The second-order valence-corrected chi connectivity index (χ2v) is 10.2. The second kappa shape index (κ2) is 16.8. The molecule has 0 aromatic heterocycles. The van der Waals surface area contributed by atoms with Gasteiger partial charge in [0.1, 0.15) is 0 Å². The normalized spacial score (nSPS) is 18.1. The Morgan fingerprint density at radius 3 is 1.50 bits per heavy atom. The molecule has 0 aliphatic heterocycles. The lowest BCUT2D eigenvalue weighted by atomic mass is 9.99. The molecular formula is C22H49NO4P+. The lowest BCUT2D eigenvalue weighted by Gasteiger charge is -2.39. The van der Waals surface area contributed by atoms with Crippen LogP contribution in [0.25, 0.3) is 0 Å². The summed E-state index contributed by atoms with van der Waals surface area (Å²) in [7, 11) is 0.392. The molecule has 6 heteroatoms. The van der Waals surface area contributed by atoms with Crippen LogP contribution >= 0.6 is 7.82 Å². The van der Waals surface area contributed by atoms with Crippen LogP contribution in [-0.2, 0) is 4.57 Å². The summed E-state index contributed by atoms with van der Waals surface area (Å²) >= 11 is 0. The number of quaternary nitrogens is 1. The fourth-order valence-corrected chi connectivity index (χ4v) is 4.32. The monoisotopic (exact) mass is 422 g/mol. The zero-order chi connectivity index (χ0) is 21.3. The van der Waals surface area contributed by atoms with Gasteiger partial charge in [0, 0.05) is 0 Å². The lowest BCUT2D eigenvalue weighted by molar-refractivity contribution is -0.916. The molecule has 0 aromatic carbocycles. The van der Waals surface area contributed by atoms with Crippen LogP contribution in [0.1, 0.15) is 116 Å². The maximum Gasteiger partial charge on any atom is 0.466 e. The molecule has 0 bridgehead atoms. The SMILES string of the molecule is CCCCCCCCC[N+](C)(C)C1CCCCCCCCCC1.O=P(O)(O)O. The van der Waals surface area contributed by atoms with E-state index >= 15 is 0 Å². The van der Waals surface area contributed by atoms with E-state index in [0.29, 0.717) is 0 Å². The van der Waals surface area contributed by atoms with Crippen molar-refractivity contribution < 1.29 is 23.7 Å². The molecule has 0 radical (unpaired) electrons. The molecule has 170 valence electrons. The molecule has 5 nitrogen and oxygen atoms in total. The molecule has 0 saturated heterocycles. The minimum atomic E-state index is -4.64. The summed E-state index contributed by atoms with van der Waals surface area (Å²) in [4.78, 5) is 21.6. The quantitative estimate of drug-likeness (QED) is 0.236. The number of unbranched alkanes of at least 4 members (excludes halogenated alkanes) is 6. The van der Waals surface area contributed by atoms with Crippen LogP contribution in [-0.4, -0.2) is 45.8 Å². The largest absolute Gasteiger partial charge is 0.466 e. The van der Waals surface area contributed by atoms with Gasteiger partial charge in [-0.3, -0.25) is 0 Å². The summed E-state index contributed by atoms with van der Waals surface area (Å²) in [6.45, 7) is 3.71. The smallest absolute Gasteiger partial charge is 0.326 e. The van der Waals surface area contributed by atoms with E-state index in [1.54, 1.807) is 0 Å². The molecule has 0 unspecified atom stereocenters. The lowest BCUT2D eigenvalue weighted by Crippen LogP contribution is -2.49. The van der Waals surface area contributed by atoms with Crippen molar-refractivity contribution in [3.05, 3.63) is 0 Å². The average molecular weight is 423 g/mol. The fraction of sp³-hybridized carbons (Fsp3) is 1.00. The van der Waals surface area contributed by atoms with Crippen LogP contribution in [0.4, 0.5) is 0 Å². The molecule has 1 rings (SSSR count). The van der Waals surface area contributed by atoms with Crippen LogP contribution < -0.4 is 0 Å². The first-order valence-corrected chi connectivity index (χ1v) is 13.3. The molecule has 1 saturated carbocycles. The molecule has 1 aliphatic rings. The van der Waals surface area contributed by atoms with Gasteiger partial charge in [0.15, 0.2) is 0 Å². The standard InChI is InChI=1S/C22H46N.H3O4P/c1-4-5-6-7-12-15-18-21-23(2,3)22-19-16-13-10-8-9-11-14-17-20-22;1-5(2,3)4/h22H,4-21H2,1-3H3;(H3,1,2,3,4)/q+1;. The van der Waals surface area contributed by atoms with Gasteiger partial charge in [-0.15, -0.1) is 0 Å². The van der Waals surface area contributed by atoms with Crippen LogP contribution in [0, 0.1) is 0 Å². The Labute approximate surface area is 174 Å². The summed E-state index contributed by atoms with van der Waals surface area (Å²) in [6, 6.07) is 0.924. The predicted octanol–water partition coefficient (Wildman–Crippen LogP) is 6.17. The third kappa shape index (κ3) is 19.4. The van der Waals surface area contributed by atoms with Gasteiger partial charge in [-0.05, 0) is 38.5 Å². The highest BCUT2D eigenvalue weighted by molar-refractivity contribution is 7.45. The van der Waals surface area contributed by atoms with Gasteiger partial charge < -0.3 is 19.2 Å². The van der Waals surface area contributed by atoms with Crippen LogP contribution in [0.2, 0.25) is 0 Å². The highest BCUT2D eigenvalue weighted by atomic mass is 31.2. The van der Waals surface area contributed by atoms with Crippen LogP contribution in [0.5, 0.6) is 0 Å². The first-order valence-electron chi connectivity index (χ1n) is 11.8. The Morgan fingerprint density at radius 2 is 1.07 bits per heavy atom. The van der Waals surface area contributed by atoms with Crippen molar-refractivity contribution in [1.82, 2.24) is 0 Å². The first kappa shape index (κ1) is 28.1. The number of hydrogen-bond acceptors (Lipinski definition) is 1. The van der Waals surface area contributed by atoms with E-state index in [1.807, 2.05) is 0 Å². The first-order chi connectivity index (χ1) is 13.2. The van der Waals surface area contributed by atoms with Crippen LogP contribution in [0.3, 0.4) is 0 Å². The van der Waals surface area contributed by atoms with Crippen molar-refractivity contribution in [2.24, 2.45) is 0 Å². The van der Waals surface area contributed by atoms with E-state index in [1.165, 1.54) is 120 Å². The van der Waals surface area contributed by atoms with Gasteiger partial charge in [-0.2, -0.15) is 0 Å². The number of hydrogen-bond donors (Lipinski definition) is 3. The minimum Gasteiger partial charge on any atom is -0.326 e. The van der Waals surface area contributed by atoms with E-state index in [4.69, 9.17) is 19.2 Å². The van der Waals surface area contributed by atoms with Gasteiger partial charge in [0.05, 0.1) is 26.7 Å². The van der Waals surface area contributed by atoms with Crippen molar-refractivity contribution in [2.75, 3.05) is 20.6 Å². The van der Waals surface area contributed by atoms with Gasteiger partial charge in [0.2, 0.25) is 0 Å². The number of phosphoric acid groups is 1. The third-order valence-electron chi connectivity index (χ3n) is 6.15. The maximum atomic E-state index is 8.88. The molecule has 28 heavy (non-hydrogen) atoms. The Hall–Kier alpha value is 0.0700. The van der Waals surface area contributed by atoms with Gasteiger partial charge in [0.25, 0.3) is 0 Å². The topological polar surface area (TPSA) is 77.8 Å². The Balaban J connectivity index is 0.00000129. The van der Waals surface area contributed by atoms with Crippen LogP contribution in [0.15, 0.2) is 0 Å². The van der Waals surface area contributed by atoms with E-state index < -0.39 is 7.82 Å². The zero-order valence-corrected chi connectivity index (χ0v) is 19.8. The number of rotatable bonds is 9. The van der Waals surface area contributed by atoms with Crippen molar-refractivity contribution in [1.29, 1.82) is 0 Å². The Bertz CT molecular complexity index is 378. The van der Waals surface area contributed by atoms with Gasteiger partial charge in [-0.1, -0.05) is 77.6 Å². The summed E-state index contributed by atoms with van der Waals surface area (Å²) < 4.78 is 10.2. The Morgan fingerprint density at radius 1 is 0.714 bits per heavy atom. The van der Waals surface area contributed by atoms with Crippen molar-refractivity contribution >= 4 is 7.82 Å². The van der Waals surface area contributed by atoms with Crippen molar-refractivity contribution in [3.63, 3.8) is 0 Å². The molecule has 3 N–H and O–H groups in total. The molecule has 0 heterocycles. The van der Waals surface area contributed by atoms with E-state index in [0.717, 1.165) is 6.04 Å². The summed E-state index contributed by atoms with van der Waals surface area (Å²) in [6.07, 6.45) is 24.9. The molecule has 0 aromatic rings. The minimum absolute atomic E-state index is 0.924. The second-order valence-electron chi connectivity index (χ2n) is 9.20. The fourth-order valence-electron chi connectivity index (χ4n) is 4.32. The third-order valence-corrected chi connectivity index (χ3v) is 6.15. The van der Waals surface area contributed by atoms with Gasteiger partial charge in [-0.25, -0.2) is 4.57 Å². The van der Waals surface area contributed by atoms with Crippen molar-refractivity contribution in [3.8, 4) is 0 Å². The van der Waals surface area contributed by atoms with E-state index in [-0.39, 0.29) is 0 Å². The predicted molar refractivity (Wildman–Crippen MR) is 119 cm³/mol. The van der Waals surface area contributed by atoms with E-state index in [9.17, 15) is 0 Å². The maximum absolute atomic E-state index is 8.88. The molecular weight excluding hydrogens is 373 g/mol. The molecule has 0 atom stereocenters. The van der Waals surface area contributed by atoms with Crippen molar-refractivity contribution in [2.45, 2.75) is 122 Å². The molecule has 0 spiro atoms. The zero-order valence-electron chi connectivity index (χ0n) is 18.9. The summed E-state index contributed by atoms with van der Waals surface area (Å²) in [5.74, 6) is 0. The summed E-state index contributed by atoms with van der Waals surface area (Å²) in [5, 5.41) is 0. The molecule has 1 fully saturated rings. The highest BCUT2D eigenvalue weighted by Gasteiger charge is 2.26. The molecule has 1 aliphatic carbocycles. The van der Waals surface area contributed by atoms with Gasteiger partial charge >= 0.3 is 7.82 Å². The Kier molecular flexibility index (Phi) is 16.9. The molecule has 0 amide bonds. The summed E-state index contributed by atoms with van der Waals surface area (Å²) in [5.41, 5.74) is 0. The van der Waals surface area contributed by atoms with E-state index in [2.05, 4.69) is 21.0 Å². The average Bonchev–Trinajstić information content (AvgIpc) is 2.65. The number of nitrogens with zero attached hydrogens (tertiary/aromatic N) is 1.